The SMILES string of the molecule is Cc1cnc(NC(=O)CN(C)C(=O)c2ccc(C3(F)CC3)cc2C2CC2F)nc1. The summed E-state index contributed by atoms with van der Waals surface area (Å²) < 4.78 is 28.2. The smallest absolute Gasteiger partial charge is 0.254 e. The molecule has 0 radical (unpaired) electrons. The minimum atomic E-state index is -1.35. The lowest BCUT2D eigenvalue weighted by Crippen LogP contribution is -2.35. The first-order chi connectivity index (χ1) is 13.8. The molecule has 1 heterocycles. The molecule has 4 rings (SSSR count). The van der Waals surface area contributed by atoms with Crippen LogP contribution in [0, 0.1) is 6.92 Å². The molecule has 152 valence electrons. The molecule has 2 amide bonds. The molecule has 0 spiro atoms. The summed E-state index contributed by atoms with van der Waals surface area (Å²) in [6, 6.07) is 4.76. The number of carbonyl (C=O) groups is 2. The lowest BCUT2D eigenvalue weighted by Gasteiger charge is -2.19. The number of anilines is 1. The highest BCUT2D eigenvalue weighted by atomic mass is 19.1. The first kappa shape index (κ1) is 19.4. The Hall–Kier alpha value is -2.90. The van der Waals surface area contributed by atoms with Gasteiger partial charge in [0.25, 0.3) is 5.91 Å². The van der Waals surface area contributed by atoms with E-state index in [1.54, 1.807) is 30.6 Å². The molecule has 0 saturated heterocycles. The van der Waals surface area contributed by atoms with Crippen LogP contribution in [0.3, 0.4) is 0 Å². The van der Waals surface area contributed by atoms with E-state index in [0.717, 1.165) is 5.56 Å². The van der Waals surface area contributed by atoms with Crippen LogP contribution in [0.25, 0.3) is 0 Å². The summed E-state index contributed by atoms with van der Waals surface area (Å²) in [7, 11) is 1.49. The lowest BCUT2D eigenvalue weighted by atomic mass is 9.96. The van der Waals surface area contributed by atoms with E-state index in [2.05, 4.69) is 15.3 Å². The zero-order chi connectivity index (χ0) is 20.8. The van der Waals surface area contributed by atoms with Crippen LogP contribution >= 0.6 is 0 Å². The summed E-state index contributed by atoms with van der Waals surface area (Å²) in [6.45, 7) is 1.62. The number of hydrogen-bond acceptors (Lipinski definition) is 4. The lowest BCUT2D eigenvalue weighted by molar-refractivity contribution is -0.116. The highest BCUT2D eigenvalue weighted by molar-refractivity contribution is 6.00. The normalized spacial score (nSPS) is 21.4. The predicted octanol–water partition coefficient (Wildman–Crippen LogP) is 3.28. The summed E-state index contributed by atoms with van der Waals surface area (Å²) >= 11 is 0. The van der Waals surface area contributed by atoms with Crippen molar-refractivity contribution in [2.24, 2.45) is 0 Å². The number of amides is 2. The molecule has 2 unspecified atom stereocenters. The van der Waals surface area contributed by atoms with Crippen LogP contribution in [-0.4, -0.2) is 46.4 Å². The predicted molar refractivity (Wildman–Crippen MR) is 103 cm³/mol. The van der Waals surface area contributed by atoms with E-state index in [1.165, 1.54) is 11.9 Å². The molecule has 2 atom stereocenters. The second-order valence-corrected chi connectivity index (χ2v) is 7.92. The Kier molecular flexibility index (Phi) is 4.80. The summed E-state index contributed by atoms with van der Waals surface area (Å²) in [6.07, 6.45) is 3.36. The largest absolute Gasteiger partial charge is 0.332 e. The van der Waals surface area contributed by atoms with E-state index < -0.39 is 23.7 Å². The molecule has 2 aliphatic carbocycles. The third-order valence-electron chi connectivity index (χ3n) is 5.36. The van der Waals surface area contributed by atoms with E-state index in [1.807, 2.05) is 6.92 Å². The Balaban J connectivity index is 1.48. The first-order valence-corrected chi connectivity index (χ1v) is 9.58. The molecule has 1 aromatic carbocycles. The van der Waals surface area contributed by atoms with Gasteiger partial charge < -0.3 is 4.90 Å². The fraction of sp³-hybridized carbons (Fsp3) is 0.429. The molecule has 2 saturated carbocycles. The number of rotatable bonds is 6. The topological polar surface area (TPSA) is 75.2 Å². The van der Waals surface area contributed by atoms with Gasteiger partial charge in [0, 0.05) is 30.9 Å². The van der Waals surface area contributed by atoms with E-state index in [9.17, 15) is 18.4 Å². The van der Waals surface area contributed by atoms with E-state index in [0.29, 0.717) is 36.0 Å². The molecule has 1 aromatic heterocycles. The standard InChI is InChI=1S/C21H22F2N4O2/c1-12-9-24-20(25-10-12)26-18(28)11-27(2)19(29)14-4-3-13(21(23)5-6-21)7-15(14)16-8-17(16)22/h3-4,7,9-10,16-17H,5-6,8,11H2,1-2H3,(H,24,25,26,28). The molecule has 29 heavy (non-hydrogen) atoms. The van der Waals surface area contributed by atoms with Crippen molar-refractivity contribution in [2.45, 2.75) is 43.9 Å². The Morgan fingerprint density at radius 1 is 1.28 bits per heavy atom. The van der Waals surface area contributed by atoms with Crippen LogP contribution in [-0.2, 0) is 10.5 Å². The summed E-state index contributed by atoms with van der Waals surface area (Å²) in [5, 5.41) is 2.54. The second kappa shape index (κ2) is 7.17. The maximum atomic E-state index is 14.4. The zero-order valence-electron chi connectivity index (χ0n) is 16.3. The van der Waals surface area contributed by atoms with Gasteiger partial charge in [0.05, 0.1) is 6.54 Å². The van der Waals surface area contributed by atoms with Crippen LogP contribution in [0.1, 0.15) is 52.2 Å². The number of alkyl halides is 2. The Morgan fingerprint density at radius 2 is 1.93 bits per heavy atom. The van der Waals surface area contributed by atoms with Gasteiger partial charge in [-0.25, -0.2) is 18.7 Å². The molecule has 2 fully saturated rings. The number of benzene rings is 1. The Bertz CT molecular complexity index is 960. The Labute approximate surface area is 167 Å². The van der Waals surface area contributed by atoms with Crippen molar-refractivity contribution < 1.29 is 18.4 Å². The monoisotopic (exact) mass is 400 g/mol. The number of aryl methyl sites for hydroxylation is 1. The first-order valence-electron chi connectivity index (χ1n) is 9.58. The molecule has 0 aliphatic heterocycles. The van der Waals surface area contributed by atoms with Gasteiger partial charge in [-0.1, -0.05) is 12.1 Å². The molecule has 1 N–H and O–H groups in total. The van der Waals surface area contributed by atoms with Gasteiger partial charge in [0.15, 0.2) is 0 Å². The number of nitrogens with one attached hydrogen (secondary N) is 1. The van der Waals surface area contributed by atoms with Crippen molar-refractivity contribution in [3.8, 4) is 0 Å². The van der Waals surface area contributed by atoms with Crippen LogP contribution in [0.5, 0.6) is 0 Å². The van der Waals surface area contributed by atoms with Crippen LogP contribution in [0.4, 0.5) is 14.7 Å². The number of hydrogen-bond donors (Lipinski definition) is 1. The fourth-order valence-corrected chi connectivity index (χ4v) is 3.34. The van der Waals surface area contributed by atoms with Crippen molar-refractivity contribution in [1.29, 1.82) is 0 Å². The number of nitrogens with zero attached hydrogens (tertiary/aromatic N) is 3. The molecule has 2 aromatic rings. The average molecular weight is 400 g/mol. The minimum Gasteiger partial charge on any atom is -0.332 e. The summed E-state index contributed by atoms with van der Waals surface area (Å²) in [5.41, 5.74) is 0.846. The van der Waals surface area contributed by atoms with E-state index in [4.69, 9.17) is 0 Å². The number of halogens is 2. The molecular weight excluding hydrogens is 378 g/mol. The summed E-state index contributed by atoms with van der Waals surface area (Å²) in [5.74, 6) is -1.09. The molecular formula is C21H22F2N4O2. The van der Waals surface area contributed by atoms with Gasteiger partial charge in [0.2, 0.25) is 11.9 Å². The number of aromatic nitrogens is 2. The molecule has 8 heteroatoms. The zero-order valence-corrected chi connectivity index (χ0v) is 16.3. The van der Waals surface area contributed by atoms with Crippen LogP contribution in [0.15, 0.2) is 30.6 Å². The number of carbonyl (C=O) groups excluding carboxylic acids is 2. The minimum absolute atomic E-state index is 0.155. The highest BCUT2D eigenvalue weighted by Crippen LogP contribution is 2.52. The molecule has 6 nitrogen and oxygen atoms in total. The average Bonchev–Trinajstić information content (AvgIpc) is 3.61. The Morgan fingerprint density at radius 3 is 2.52 bits per heavy atom. The number of likely N-dealkylation sites (N-methyl/N-ethyl adjacent to an activating group) is 1. The van der Waals surface area contributed by atoms with Crippen molar-refractivity contribution >= 4 is 17.8 Å². The van der Waals surface area contributed by atoms with Crippen LogP contribution < -0.4 is 5.32 Å². The van der Waals surface area contributed by atoms with Gasteiger partial charge in [-0.05, 0) is 48.9 Å². The third-order valence-corrected chi connectivity index (χ3v) is 5.36. The molecule has 2 aliphatic rings. The van der Waals surface area contributed by atoms with Crippen molar-refractivity contribution in [2.75, 3.05) is 18.9 Å². The van der Waals surface area contributed by atoms with Crippen LogP contribution in [0.2, 0.25) is 0 Å². The van der Waals surface area contributed by atoms with Crippen molar-refractivity contribution in [3.05, 3.63) is 52.8 Å². The van der Waals surface area contributed by atoms with E-state index >= 15 is 0 Å². The van der Waals surface area contributed by atoms with Gasteiger partial charge in [-0.15, -0.1) is 0 Å². The third kappa shape index (κ3) is 4.11. The maximum Gasteiger partial charge on any atom is 0.254 e. The maximum absolute atomic E-state index is 14.4. The fourth-order valence-electron chi connectivity index (χ4n) is 3.34. The molecule has 0 bridgehead atoms. The highest BCUT2D eigenvalue weighted by Gasteiger charge is 2.47. The van der Waals surface area contributed by atoms with Gasteiger partial charge in [0.1, 0.15) is 11.8 Å². The van der Waals surface area contributed by atoms with Gasteiger partial charge >= 0.3 is 0 Å². The van der Waals surface area contributed by atoms with Crippen molar-refractivity contribution in [3.63, 3.8) is 0 Å². The van der Waals surface area contributed by atoms with Crippen molar-refractivity contribution in [1.82, 2.24) is 14.9 Å². The summed E-state index contributed by atoms with van der Waals surface area (Å²) in [4.78, 5) is 34.4. The quantitative estimate of drug-likeness (QED) is 0.808. The second-order valence-electron chi connectivity index (χ2n) is 7.92. The van der Waals surface area contributed by atoms with Gasteiger partial charge in [-0.2, -0.15) is 0 Å². The van der Waals surface area contributed by atoms with E-state index in [-0.39, 0.29) is 18.4 Å². The van der Waals surface area contributed by atoms with Gasteiger partial charge in [-0.3, -0.25) is 14.9 Å².